The van der Waals surface area contributed by atoms with Crippen molar-refractivity contribution < 1.29 is 9.59 Å². The molecule has 184 valence electrons. The largest absolute Gasteiger partial charge is 0.352 e. The number of nitrogens with zero attached hydrogens (tertiary/aromatic N) is 1. The lowest BCUT2D eigenvalue weighted by Gasteiger charge is -2.33. The Morgan fingerprint density at radius 2 is 1.51 bits per heavy atom. The van der Waals surface area contributed by atoms with Gasteiger partial charge in [0.1, 0.15) is 6.04 Å². The van der Waals surface area contributed by atoms with Gasteiger partial charge in [0.15, 0.2) is 0 Å². The molecule has 2 atom stereocenters. The topological polar surface area (TPSA) is 49.4 Å². The normalized spacial score (nSPS) is 12.6. The molecule has 0 aliphatic rings. The molecule has 35 heavy (non-hydrogen) atoms. The quantitative estimate of drug-likeness (QED) is 0.413. The van der Waals surface area contributed by atoms with Gasteiger partial charge in [-0.05, 0) is 61.9 Å². The van der Waals surface area contributed by atoms with Gasteiger partial charge in [0.2, 0.25) is 11.8 Å². The van der Waals surface area contributed by atoms with Crippen LogP contribution in [-0.4, -0.2) is 28.8 Å². The maximum atomic E-state index is 13.9. The van der Waals surface area contributed by atoms with E-state index < -0.39 is 6.04 Å². The lowest BCUT2D eigenvalue weighted by atomic mass is 9.98. The maximum Gasteiger partial charge on any atom is 0.243 e. The molecule has 3 aromatic carbocycles. The van der Waals surface area contributed by atoms with Crippen LogP contribution in [0.2, 0.25) is 0 Å². The summed E-state index contributed by atoms with van der Waals surface area (Å²) < 4.78 is 0. The Morgan fingerprint density at radius 1 is 0.857 bits per heavy atom. The smallest absolute Gasteiger partial charge is 0.243 e. The number of hydrogen-bond donors (Lipinski definition) is 1. The zero-order valence-electron chi connectivity index (χ0n) is 21.7. The average Bonchev–Trinajstić information content (AvgIpc) is 2.85. The van der Waals surface area contributed by atoms with E-state index in [0.717, 1.165) is 39.8 Å². The van der Waals surface area contributed by atoms with E-state index in [-0.39, 0.29) is 24.3 Å². The van der Waals surface area contributed by atoms with E-state index >= 15 is 0 Å². The maximum absolute atomic E-state index is 13.9. The first-order valence-corrected chi connectivity index (χ1v) is 12.5. The van der Waals surface area contributed by atoms with Gasteiger partial charge >= 0.3 is 0 Å². The van der Waals surface area contributed by atoms with Gasteiger partial charge in [-0.3, -0.25) is 9.59 Å². The van der Waals surface area contributed by atoms with Gasteiger partial charge in [0.05, 0.1) is 6.42 Å². The Balaban J connectivity index is 2.01. The highest BCUT2D eigenvalue weighted by atomic mass is 16.2. The van der Waals surface area contributed by atoms with Gasteiger partial charge in [-0.2, -0.15) is 0 Å². The molecule has 0 fully saturated rings. The zero-order chi connectivity index (χ0) is 25.4. The third kappa shape index (κ3) is 7.29. The van der Waals surface area contributed by atoms with Crippen molar-refractivity contribution in [3.05, 3.63) is 106 Å². The SMILES string of the molecule is CC[C@@H](C)NC(=O)[C@H](Cc1ccccc1)N(Cc1ccccc1C)C(=O)Cc1cc(C)ccc1C. The Hall–Kier alpha value is -3.40. The van der Waals surface area contributed by atoms with E-state index in [4.69, 9.17) is 0 Å². The Morgan fingerprint density at radius 3 is 2.20 bits per heavy atom. The minimum absolute atomic E-state index is 0.0372. The highest BCUT2D eigenvalue weighted by Gasteiger charge is 2.31. The van der Waals surface area contributed by atoms with E-state index in [0.29, 0.717) is 13.0 Å². The Bertz CT molecular complexity index is 1140. The van der Waals surface area contributed by atoms with Crippen LogP contribution in [0.5, 0.6) is 0 Å². The highest BCUT2D eigenvalue weighted by Crippen LogP contribution is 2.20. The molecule has 0 aliphatic heterocycles. The second kappa shape index (κ2) is 12.3. The summed E-state index contributed by atoms with van der Waals surface area (Å²) in [6.45, 7) is 10.6. The summed E-state index contributed by atoms with van der Waals surface area (Å²) in [5.74, 6) is -0.145. The van der Waals surface area contributed by atoms with Gasteiger partial charge in [0, 0.05) is 19.0 Å². The van der Waals surface area contributed by atoms with E-state index in [9.17, 15) is 9.59 Å². The molecule has 0 aliphatic carbocycles. The van der Waals surface area contributed by atoms with Crippen molar-refractivity contribution in [2.24, 2.45) is 0 Å². The third-order valence-electron chi connectivity index (χ3n) is 6.72. The van der Waals surface area contributed by atoms with Crippen molar-refractivity contribution in [2.45, 2.75) is 72.5 Å². The molecule has 3 rings (SSSR count). The lowest BCUT2D eigenvalue weighted by Crippen LogP contribution is -2.52. The molecule has 0 radical (unpaired) electrons. The van der Waals surface area contributed by atoms with Crippen LogP contribution in [0, 0.1) is 20.8 Å². The molecule has 0 saturated carbocycles. The predicted octanol–water partition coefficient (Wildman–Crippen LogP) is 5.71. The van der Waals surface area contributed by atoms with Gasteiger partial charge in [-0.15, -0.1) is 0 Å². The lowest BCUT2D eigenvalue weighted by molar-refractivity contribution is -0.141. The average molecular weight is 471 g/mol. The van der Waals surface area contributed by atoms with Crippen LogP contribution in [-0.2, 0) is 29.0 Å². The number of carbonyl (C=O) groups excluding carboxylic acids is 2. The van der Waals surface area contributed by atoms with Crippen LogP contribution in [0.25, 0.3) is 0 Å². The van der Waals surface area contributed by atoms with Crippen molar-refractivity contribution in [3.63, 3.8) is 0 Å². The molecular weight excluding hydrogens is 432 g/mol. The fourth-order valence-electron chi connectivity index (χ4n) is 4.22. The van der Waals surface area contributed by atoms with E-state index in [1.54, 1.807) is 4.90 Å². The molecule has 3 aromatic rings. The summed E-state index contributed by atoms with van der Waals surface area (Å²) in [7, 11) is 0. The second-order valence-corrected chi connectivity index (χ2v) is 9.58. The van der Waals surface area contributed by atoms with Crippen molar-refractivity contribution >= 4 is 11.8 Å². The summed E-state index contributed by atoms with van der Waals surface area (Å²) in [6.07, 6.45) is 1.56. The van der Waals surface area contributed by atoms with Crippen LogP contribution < -0.4 is 5.32 Å². The minimum atomic E-state index is -0.608. The first-order chi connectivity index (χ1) is 16.8. The number of nitrogens with one attached hydrogen (secondary N) is 1. The van der Waals surface area contributed by atoms with Crippen LogP contribution >= 0.6 is 0 Å². The zero-order valence-corrected chi connectivity index (χ0v) is 21.7. The fourth-order valence-corrected chi connectivity index (χ4v) is 4.22. The van der Waals surface area contributed by atoms with Crippen LogP contribution in [0.4, 0.5) is 0 Å². The summed E-state index contributed by atoms with van der Waals surface area (Å²) in [4.78, 5) is 29.3. The molecule has 0 saturated heterocycles. The Kier molecular flexibility index (Phi) is 9.25. The van der Waals surface area contributed by atoms with Gasteiger partial charge < -0.3 is 10.2 Å². The molecule has 4 nitrogen and oxygen atoms in total. The van der Waals surface area contributed by atoms with Gasteiger partial charge in [0.25, 0.3) is 0 Å². The minimum Gasteiger partial charge on any atom is -0.352 e. The molecule has 2 amide bonds. The molecule has 0 spiro atoms. The van der Waals surface area contributed by atoms with Crippen LogP contribution in [0.1, 0.15) is 53.6 Å². The Labute approximate surface area is 210 Å². The molecule has 1 N–H and O–H groups in total. The predicted molar refractivity (Wildman–Crippen MR) is 143 cm³/mol. The monoisotopic (exact) mass is 470 g/mol. The van der Waals surface area contributed by atoms with Gasteiger partial charge in [-0.1, -0.05) is 85.3 Å². The van der Waals surface area contributed by atoms with Crippen LogP contribution in [0.3, 0.4) is 0 Å². The molecule has 0 bridgehead atoms. The molecular formula is C31H38N2O2. The summed E-state index contributed by atoms with van der Waals surface area (Å²) in [5, 5.41) is 3.14. The molecule has 0 unspecified atom stereocenters. The number of amides is 2. The van der Waals surface area contributed by atoms with Crippen molar-refractivity contribution in [3.8, 4) is 0 Å². The van der Waals surface area contributed by atoms with E-state index in [1.165, 1.54) is 0 Å². The third-order valence-corrected chi connectivity index (χ3v) is 6.72. The van der Waals surface area contributed by atoms with E-state index in [1.807, 2.05) is 89.2 Å². The van der Waals surface area contributed by atoms with E-state index in [2.05, 4.69) is 23.5 Å². The summed E-state index contributed by atoms with van der Waals surface area (Å²) in [6, 6.07) is 23.7. The molecule has 4 heteroatoms. The van der Waals surface area contributed by atoms with Crippen molar-refractivity contribution in [1.82, 2.24) is 10.2 Å². The summed E-state index contributed by atoms with van der Waals surface area (Å²) >= 11 is 0. The standard InChI is InChI=1S/C31H38N2O2/c1-6-25(5)32-31(35)29(19-26-13-8-7-9-14-26)33(21-27-15-11-10-12-23(27)3)30(34)20-28-18-22(2)16-17-24(28)4/h7-18,25,29H,6,19-21H2,1-5H3,(H,32,35)/t25-,29+/m1/s1. The van der Waals surface area contributed by atoms with Crippen LogP contribution in [0.15, 0.2) is 72.8 Å². The van der Waals surface area contributed by atoms with Crippen molar-refractivity contribution in [1.29, 1.82) is 0 Å². The highest BCUT2D eigenvalue weighted by molar-refractivity contribution is 5.89. The number of aryl methyl sites for hydroxylation is 3. The fraction of sp³-hybridized carbons (Fsp3) is 0.355. The second-order valence-electron chi connectivity index (χ2n) is 9.58. The first kappa shape index (κ1) is 26.2. The first-order valence-electron chi connectivity index (χ1n) is 12.5. The van der Waals surface area contributed by atoms with Gasteiger partial charge in [-0.25, -0.2) is 0 Å². The number of benzene rings is 3. The van der Waals surface area contributed by atoms with Crippen molar-refractivity contribution in [2.75, 3.05) is 0 Å². The summed E-state index contributed by atoms with van der Waals surface area (Å²) in [5.41, 5.74) is 6.41. The number of rotatable bonds is 10. The molecule has 0 aromatic heterocycles. The number of hydrogen-bond acceptors (Lipinski definition) is 2. The molecule has 0 heterocycles. The number of carbonyl (C=O) groups is 2.